The Hall–Kier alpha value is -5.82. The molecule has 5 rings (SSSR count). The summed E-state index contributed by atoms with van der Waals surface area (Å²) in [6.07, 6.45) is 6.88. The second-order valence-corrected chi connectivity index (χ2v) is 10.4. The van der Waals surface area contributed by atoms with Gasteiger partial charge in [-0.1, -0.05) is 56.0 Å². The largest absolute Gasteiger partial charge is 0.381 e. The summed E-state index contributed by atoms with van der Waals surface area (Å²) in [6, 6.07) is 15.6. The van der Waals surface area contributed by atoms with Gasteiger partial charge < -0.3 is 11.1 Å². The van der Waals surface area contributed by atoms with Crippen LogP contribution in [0.2, 0.25) is 0 Å². The lowest BCUT2D eigenvalue weighted by molar-refractivity contribution is 0.0940. The van der Waals surface area contributed by atoms with Crippen molar-refractivity contribution < 1.29 is 4.79 Å². The number of rotatable bonds is 7. The molecule has 0 spiro atoms. The van der Waals surface area contributed by atoms with Crippen molar-refractivity contribution in [1.29, 1.82) is 0 Å². The maximum atomic E-state index is 14.3. The SMILES string of the molecule is C=N/C=C\C(C#Cc1cccc2nc([C@@H](C)NC(=O)c3c(N)nn4ccc(C(C)C)nc34)n(-c3ccccc3)c(=O)c12)=C/C. The van der Waals surface area contributed by atoms with E-state index in [0.717, 1.165) is 11.3 Å². The Morgan fingerprint density at radius 2 is 1.86 bits per heavy atom. The molecule has 0 aliphatic carbocycles. The number of benzene rings is 2. The Labute approximate surface area is 254 Å². The number of nitrogens with zero attached hydrogens (tertiary/aromatic N) is 6. The lowest BCUT2D eigenvalue weighted by Crippen LogP contribution is -2.33. The normalized spacial score (nSPS) is 12.4. The number of allylic oxidation sites excluding steroid dienone is 3. The molecule has 0 bridgehead atoms. The number of nitrogen functional groups attached to an aromatic ring is 1. The van der Waals surface area contributed by atoms with E-state index >= 15 is 0 Å². The highest BCUT2D eigenvalue weighted by atomic mass is 16.2. The van der Waals surface area contributed by atoms with E-state index in [4.69, 9.17) is 10.7 Å². The fraction of sp³-hybridized carbons (Fsp3) is 0.176. The summed E-state index contributed by atoms with van der Waals surface area (Å²) in [7, 11) is 0. The molecule has 44 heavy (non-hydrogen) atoms. The number of hydrogen-bond acceptors (Lipinski definition) is 7. The Bertz CT molecular complexity index is 2080. The first-order chi connectivity index (χ1) is 21.2. The van der Waals surface area contributed by atoms with Crippen LogP contribution in [0.4, 0.5) is 5.82 Å². The van der Waals surface area contributed by atoms with Gasteiger partial charge in [-0.05, 0) is 62.9 Å². The van der Waals surface area contributed by atoms with Crippen molar-refractivity contribution in [2.75, 3.05) is 5.73 Å². The maximum Gasteiger partial charge on any atom is 0.267 e. The molecule has 3 heterocycles. The number of amides is 1. The molecule has 0 saturated carbocycles. The Kier molecular flexibility index (Phi) is 8.49. The highest BCUT2D eigenvalue weighted by Crippen LogP contribution is 2.23. The zero-order valence-electron chi connectivity index (χ0n) is 24.9. The van der Waals surface area contributed by atoms with Gasteiger partial charge in [0.1, 0.15) is 11.4 Å². The molecule has 1 amide bonds. The predicted octanol–water partition coefficient (Wildman–Crippen LogP) is 5.14. The van der Waals surface area contributed by atoms with Gasteiger partial charge in [0.15, 0.2) is 11.5 Å². The van der Waals surface area contributed by atoms with Crippen LogP contribution in [0.5, 0.6) is 0 Å². The average Bonchev–Trinajstić information content (AvgIpc) is 3.36. The predicted molar refractivity (Wildman–Crippen MR) is 174 cm³/mol. The lowest BCUT2D eigenvalue weighted by Gasteiger charge is -2.20. The number of nitrogens with one attached hydrogen (secondary N) is 1. The fourth-order valence-corrected chi connectivity index (χ4v) is 4.78. The van der Waals surface area contributed by atoms with Crippen molar-refractivity contribution >= 4 is 35.0 Å². The molecular formula is C34H32N8O2. The molecule has 10 heteroatoms. The third kappa shape index (κ3) is 5.76. The Morgan fingerprint density at radius 1 is 1.09 bits per heavy atom. The number of hydrogen-bond donors (Lipinski definition) is 2. The second-order valence-electron chi connectivity index (χ2n) is 10.4. The highest BCUT2D eigenvalue weighted by Gasteiger charge is 2.25. The number of carbonyl (C=O) groups is 1. The summed E-state index contributed by atoms with van der Waals surface area (Å²) in [4.78, 5) is 41.2. The van der Waals surface area contributed by atoms with Crippen LogP contribution in [0.3, 0.4) is 0 Å². The van der Waals surface area contributed by atoms with E-state index in [9.17, 15) is 9.59 Å². The minimum Gasteiger partial charge on any atom is -0.381 e. The first-order valence-electron chi connectivity index (χ1n) is 14.1. The first kappa shape index (κ1) is 29.7. The maximum absolute atomic E-state index is 14.3. The van der Waals surface area contributed by atoms with Crippen LogP contribution in [0.15, 0.2) is 94.5 Å². The molecule has 0 fully saturated rings. The van der Waals surface area contributed by atoms with Crippen molar-refractivity contribution in [3.05, 3.63) is 118 Å². The number of carbonyl (C=O) groups excluding carboxylic acids is 1. The molecule has 0 radical (unpaired) electrons. The number of fused-ring (bicyclic) bond motifs is 2. The van der Waals surface area contributed by atoms with Crippen molar-refractivity contribution in [2.45, 2.75) is 39.7 Å². The summed E-state index contributed by atoms with van der Waals surface area (Å²) in [5, 5.41) is 7.61. The number of aliphatic imine (C=N–C) groups is 1. The molecule has 220 valence electrons. The minimum absolute atomic E-state index is 0.0532. The standard InChI is InChI=1S/C34H32N8O2/c1-6-23(17-19-36-5)15-16-24-11-10-14-27-28(24)34(44)42(25-12-8-7-9-13-25)31(39-27)22(4)37-33(43)29-30(35)40-41-20-18-26(21(2)3)38-32(29)41/h6-14,17-22H,5H2,1-4H3,(H2,35,40)(H,37,43)/b19-17-,23-6-/t22-/m1/s1. The molecule has 0 unspecified atom stereocenters. The molecule has 3 N–H and O–H groups in total. The first-order valence-corrected chi connectivity index (χ1v) is 14.1. The summed E-state index contributed by atoms with van der Waals surface area (Å²) in [5.41, 5.74) is 9.49. The van der Waals surface area contributed by atoms with Gasteiger partial charge in [-0.3, -0.25) is 19.1 Å². The molecule has 1 atom stereocenters. The highest BCUT2D eigenvalue weighted by molar-refractivity contribution is 6.04. The van der Waals surface area contributed by atoms with Crippen LogP contribution < -0.4 is 16.6 Å². The van der Waals surface area contributed by atoms with Crippen LogP contribution in [-0.2, 0) is 0 Å². The molecule has 5 aromatic rings. The van der Waals surface area contributed by atoms with E-state index in [1.54, 1.807) is 43.6 Å². The quantitative estimate of drug-likeness (QED) is 0.155. The van der Waals surface area contributed by atoms with E-state index < -0.39 is 11.9 Å². The number of para-hydroxylation sites is 1. The molecule has 0 aliphatic heterocycles. The van der Waals surface area contributed by atoms with E-state index in [-0.39, 0.29) is 22.9 Å². The molecule has 3 aromatic heterocycles. The molecule has 10 nitrogen and oxygen atoms in total. The van der Waals surface area contributed by atoms with Crippen molar-refractivity contribution in [3.8, 4) is 17.5 Å². The van der Waals surface area contributed by atoms with Gasteiger partial charge in [-0.25, -0.2) is 14.5 Å². The van der Waals surface area contributed by atoms with Gasteiger partial charge in [0.25, 0.3) is 11.5 Å². The number of nitrogens with two attached hydrogens (primary N) is 1. The third-order valence-corrected chi connectivity index (χ3v) is 7.04. The van der Waals surface area contributed by atoms with Crippen molar-refractivity contribution in [2.24, 2.45) is 4.99 Å². The van der Waals surface area contributed by atoms with E-state index in [1.165, 1.54) is 9.08 Å². The monoisotopic (exact) mass is 584 g/mol. The number of anilines is 1. The molecule has 0 aliphatic rings. The van der Waals surface area contributed by atoms with Gasteiger partial charge in [0.2, 0.25) is 0 Å². The second kappa shape index (κ2) is 12.6. The Morgan fingerprint density at radius 3 is 2.57 bits per heavy atom. The van der Waals surface area contributed by atoms with Gasteiger partial charge in [0.05, 0.1) is 22.6 Å². The van der Waals surface area contributed by atoms with Gasteiger partial charge in [-0.2, -0.15) is 0 Å². The molecule has 0 saturated heterocycles. The minimum atomic E-state index is -0.705. The van der Waals surface area contributed by atoms with Crippen LogP contribution in [0, 0.1) is 11.8 Å². The lowest BCUT2D eigenvalue weighted by atomic mass is 10.1. The van der Waals surface area contributed by atoms with Gasteiger partial charge in [0, 0.05) is 29.2 Å². The van der Waals surface area contributed by atoms with E-state index in [2.05, 4.69) is 39.0 Å². The average molecular weight is 585 g/mol. The molecular weight excluding hydrogens is 552 g/mol. The van der Waals surface area contributed by atoms with Crippen LogP contribution in [-0.4, -0.2) is 36.8 Å². The fourth-order valence-electron chi connectivity index (χ4n) is 4.78. The van der Waals surface area contributed by atoms with Crippen LogP contribution in [0.1, 0.15) is 67.1 Å². The zero-order chi connectivity index (χ0) is 31.4. The summed E-state index contributed by atoms with van der Waals surface area (Å²) in [5.74, 6) is 6.26. The van der Waals surface area contributed by atoms with Crippen LogP contribution >= 0.6 is 0 Å². The van der Waals surface area contributed by atoms with E-state index in [0.29, 0.717) is 33.6 Å². The van der Waals surface area contributed by atoms with Gasteiger partial charge in [-0.15, -0.1) is 5.10 Å². The number of aromatic nitrogens is 5. The summed E-state index contributed by atoms with van der Waals surface area (Å²) >= 11 is 0. The van der Waals surface area contributed by atoms with Gasteiger partial charge >= 0.3 is 0 Å². The summed E-state index contributed by atoms with van der Waals surface area (Å²) in [6.45, 7) is 11.1. The third-order valence-electron chi connectivity index (χ3n) is 7.04. The topological polar surface area (TPSA) is 133 Å². The smallest absolute Gasteiger partial charge is 0.267 e. The van der Waals surface area contributed by atoms with Crippen molar-refractivity contribution in [3.63, 3.8) is 0 Å². The van der Waals surface area contributed by atoms with E-state index in [1.807, 2.05) is 63.2 Å². The molecule has 2 aromatic carbocycles. The van der Waals surface area contributed by atoms with Crippen molar-refractivity contribution in [1.82, 2.24) is 29.5 Å². The Balaban J connectivity index is 1.63. The zero-order valence-corrected chi connectivity index (χ0v) is 24.9. The van der Waals surface area contributed by atoms with Crippen LogP contribution in [0.25, 0.3) is 22.2 Å². The summed E-state index contributed by atoms with van der Waals surface area (Å²) < 4.78 is 2.99.